The minimum absolute atomic E-state index is 0.0409. The first kappa shape index (κ1) is 27.6. The maximum Gasteiger partial charge on any atom is 0.416 e. The van der Waals surface area contributed by atoms with Crippen molar-refractivity contribution in [3.63, 3.8) is 0 Å². The Kier molecular flexibility index (Phi) is 8.14. The van der Waals surface area contributed by atoms with E-state index >= 15 is 0 Å². The molecule has 0 saturated carbocycles. The Balaban J connectivity index is 1.59. The molecule has 0 atom stereocenters. The molecule has 202 valence electrons. The van der Waals surface area contributed by atoms with Crippen LogP contribution in [0, 0.1) is 20.8 Å². The highest BCUT2D eigenvalue weighted by Gasteiger charge is 2.31. The van der Waals surface area contributed by atoms with Gasteiger partial charge in [0.25, 0.3) is 0 Å². The van der Waals surface area contributed by atoms with Crippen LogP contribution in [0.3, 0.4) is 0 Å². The number of rotatable bonds is 9. The first-order chi connectivity index (χ1) is 18.5. The van der Waals surface area contributed by atoms with E-state index in [9.17, 15) is 18.0 Å². The Bertz CT molecular complexity index is 1480. The van der Waals surface area contributed by atoms with E-state index in [0.29, 0.717) is 29.4 Å². The Hall–Kier alpha value is -4.46. The molecule has 0 aliphatic carbocycles. The van der Waals surface area contributed by atoms with Crippen molar-refractivity contribution in [1.29, 1.82) is 0 Å². The van der Waals surface area contributed by atoms with Crippen molar-refractivity contribution in [3.8, 4) is 34.5 Å². The summed E-state index contributed by atoms with van der Waals surface area (Å²) in [6, 6.07) is 20.6. The smallest absolute Gasteiger partial charge is 0.416 e. The first-order valence-corrected chi connectivity index (χ1v) is 12.2. The molecule has 39 heavy (non-hydrogen) atoms. The van der Waals surface area contributed by atoms with Crippen LogP contribution in [0.15, 0.2) is 78.9 Å². The van der Waals surface area contributed by atoms with Gasteiger partial charge in [0.05, 0.1) is 5.56 Å². The highest BCUT2D eigenvalue weighted by molar-refractivity contribution is 5.67. The molecule has 4 rings (SSSR count). The monoisotopic (exact) mass is 536 g/mol. The number of aryl methyl sites for hydroxylation is 4. The predicted octanol–water partition coefficient (Wildman–Crippen LogP) is 9.02. The van der Waals surface area contributed by atoms with Gasteiger partial charge in [-0.05, 0) is 98.5 Å². The molecule has 0 aliphatic heterocycles. The number of benzene rings is 4. The van der Waals surface area contributed by atoms with Crippen molar-refractivity contribution in [2.75, 3.05) is 0 Å². The molecule has 8 heteroatoms. The predicted molar refractivity (Wildman–Crippen MR) is 141 cm³/mol. The zero-order chi connectivity index (χ0) is 28.2. The van der Waals surface area contributed by atoms with Gasteiger partial charge in [-0.1, -0.05) is 23.8 Å². The number of aliphatic carboxylic acids is 1. The standard InChI is InChI=1S/C31H27F3O5/c1-19-4-9-24(10-5-19)38-29-17-23(31(32,33)34)8-12-28(29)39-27-15-20(2)14-26(18-27)37-25-11-6-22(21(3)16-25)7-13-30(35)36/h4-6,8-12,14-18H,7,13H2,1-3H3,(H,35,36). The molecule has 0 heterocycles. The molecule has 0 fully saturated rings. The molecule has 4 aromatic rings. The molecule has 0 aromatic heterocycles. The van der Waals surface area contributed by atoms with Gasteiger partial charge < -0.3 is 19.3 Å². The summed E-state index contributed by atoms with van der Waals surface area (Å²) in [4.78, 5) is 10.9. The number of halogens is 3. The van der Waals surface area contributed by atoms with Gasteiger partial charge in [0.1, 0.15) is 23.0 Å². The summed E-state index contributed by atoms with van der Waals surface area (Å²) in [6.07, 6.45) is -4.08. The van der Waals surface area contributed by atoms with Crippen molar-refractivity contribution < 1.29 is 37.3 Å². The Morgan fingerprint density at radius 2 is 1.33 bits per heavy atom. The lowest BCUT2D eigenvalue weighted by Crippen LogP contribution is -2.05. The fraction of sp³-hybridized carbons (Fsp3) is 0.194. The van der Waals surface area contributed by atoms with E-state index in [1.807, 2.05) is 32.9 Å². The van der Waals surface area contributed by atoms with Gasteiger partial charge in [-0.2, -0.15) is 13.2 Å². The summed E-state index contributed by atoms with van der Waals surface area (Å²) in [5.74, 6) is 0.927. The third-order valence-electron chi connectivity index (χ3n) is 5.93. The van der Waals surface area contributed by atoms with Crippen molar-refractivity contribution >= 4 is 5.97 Å². The summed E-state index contributed by atoms with van der Waals surface area (Å²) < 4.78 is 58.1. The number of alkyl halides is 3. The van der Waals surface area contributed by atoms with Crippen LogP contribution in [0.1, 0.15) is 34.2 Å². The Labute approximate surface area is 224 Å². The molecule has 0 aliphatic rings. The molecule has 0 bridgehead atoms. The summed E-state index contributed by atoms with van der Waals surface area (Å²) in [7, 11) is 0. The second kappa shape index (κ2) is 11.5. The lowest BCUT2D eigenvalue weighted by molar-refractivity contribution is -0.138. The zero-order valence-corrected chi connectivity index (χ0v) is 21.6. The molecular formula is C31H27F3O5. The molecule has 0 radical (unpaired) electrons. The van der Waals surface area contributed by atoms with E-state index in [1.54, 1.807) is 48.5 Å². The SMILES string of the molecule is Cc1ccc(Oc2cc(C(F)(F)F)ccc2Oc2cc(C)cc(Oc3ccc(CCC(=O)O)c(C)c3)c2)cc1. The molecule has 5 nitrogen and oxygen atoms in total. The summed E-state index contributed by atoms with van der Waals surface area (Å²) in [6.45, 7) is 5.63. The fourth-order valence-corrected chi connectivity index (χ4v) is 3.93. The van der Waals surface area contributed by atoms with Crippen LogP contribution in [0.25, 0.3) is 0 Å². The first-order valence-electron chi connectivity index (χ1n) is 12.2. The van der Waals surface area contributed by atoms with Crippen LogP contribution < -0.4 is 14.2 Å². The second-order valence-electron chi connectivity index (χ2n) is 9.24. The van der Waals surface area contributed by atoms with Gasteiger partial charge in [-0.3, -0.25) is 4.79 Å². The third-order valence-corrected chi connectivity index (χ3v) is 5.93. The van der Waals surface area contributed by atoms with Crippen LogP contribution >= 0.6 is 0 Å². The van der Waals surface area contributed by atoms with Crippen LogP contribution in [0.2, 0.25) is 0 Å². The highest BCUT2D eigenvalue weighted by atomic mass is 19.4. The average Bonchev–Trinajstić information content (AvgIpc) is 2.85. The maximum atomic E-state index is 13.4. The van der Waals surface area contributed by atoms with Crippen molar-refractivity contribution in [3.05, 3.63) is 107 Å². The van der Waals surface area contributed by atoms with Gasteiger partial charge >= 0.3 is 12.1 Å². The van der Waals surface area contributed by atoms with E-state index in [-0.39, 0.29) is 17.9 Å². The van der Waals surface area contributed by atoms with Crippen molar-refractivity contribution in [1.82, 2.24) is 0 Å². The minimum atomic E-state index is -4.55. The summed E-state index contributed by atoms with van der Waals surface area (Å²) in [5, 5.41) is 8.93. The van der Waals surface area contributed by atoms with Crippen LogP contribution in [-0.4, -0.2) is 11.1 Å². The zero-order valence-electron chi connectivity index (χ0n) is 21.6. The van der Waals surface area contributed by atoms with Crippen LogP contribution in [0.5, 0.6) is 34.5 Å². The van der Waals surface area contributed by atoms with Crippen LogP contribution in [-0.2, 0) is 17.4 Å². The lowest BCUT2D eigenvalue weighted by atomic mass is 10.0. The van der Waals surface area contributed by atoms with Gasteiger partial charge in [0.2, 0.25) is 0 Å². The largest absolute Gasteiger partial charge is 0.481 e. The third kappa shape index (κ3) is 7.54. The van der Waals surface area contributed by atoms with Gasteiger partial charge in [0, 0.05) is 12.5 Å². The van der Waals surface area contributed by atoms with E-state index in [0.717, 1.165) is 34.4 Å². The van der Waals surface area contributed by atoms with Gasteiger partial charge in [-0.25, -0.2) is 0 Å². The van der Waals surface area contributed by atoms with Crippen molar-refractivity contribution in [2.45, 2.75) is 39.8 Å². The minimum Gasteiger partial charge on any atom is -0.481 e. The van der Waals surface area contributed by atoms with Gasteiger partial charge in [-0.15, -0.1) is 0 Å². The normalized spacial score (nSPS) is 11.2. The van der Waals surface area contributed by atoms with E-state index in [2.05, 4.69) is 0 Å². The van der Waals surface area contributed by atoms with Gasteiger partial charge in [0.15, 0.2) is 11.5 Å². The second-order valence-corrected chi connectivity index (χ2v) is 9.24. The number of carbonyl (C=O) groups is 1. The number of hydrogen-bond donors (Lipinski definition) is 1. The van der Waals surface area contributed by atoms with Crippen molar-refractivity contribution in [2.24, 2.45) is 0 Å². The molecule has 1 N–H and O–H groups in total. The summed E-state index contributed by atoms with van der Waals surface area (Å²) in [5.41, 5.74) is 2.76. The molecule has 0 unspecified atom stereocenters. The average molecular weight is 537 g/mol. The van der Waals surface area contributed by atoms with Crippen LogP contribution in [0.4, 0.5) is 13.2 Å². The summed E-state index contributed by atoms with van der Waals surface area (Å²) >= 11 is 0. The number of carboxylic acids is 1. The molecular weight excluding hydrogens is 509 g/mol. The molecule has 0 spiro atoms. The van der Waals surface area contributed by atoms with E-state index in [4.69, 9.17) is 19.3 Å². The van der Waals surface area contributed by atoms with E-state index in [1.165, 1.54) is 6.07 Å². The van der Waals surface area contributed by atoms with E-state index < -0.39 is 17.7 Å². The molecule has 4 aromatic carbocycles. The lowest BCUT2D eigenvalue weighted by Gasteiger charge is -2.16. The topological polar surface area (TPSA) is 65.0 Å². The number of carboxylic acid groups (broad SMARTS) is 1. The quantitative estimate of drug-likeness (QED) is 0.231. The molecule has 0 saturated heterocycles. The maximum absolute atomic E-state index is 13.4. The molecule has 0 amide bonds. The Morgan fingerprint density at radius 1 is 0.692 bits per heavy atom. The number of hydrogen-bond acceptors (Lipinski definition) is 4. The Morgan fingerprint density at radius 3 is 1.97 bits per heavy atom. The number of ether oxygens (including phenoxy) is 3. The highest BCUT2D eigenvalue weighted by Crippen LogP contribution is 2.41. The fourth-order valence-electron chi connectivity index (χ4n) is 3.93.